The summed E-state index contributed by atoms with van der Waals surface area (Å²) in [6, 6.07) is 7.20. The van der Waals surface area contributed by atoms with E-state index in [-0.39, 0.29) is 5.69 Å². The van der Waals surface area contributed by atoms with E-state index in [4.69, 9.17) is 0 Å². The van der Waals surface area contributed by atoms with Gasteiger partial charge in [0.25, 0.3) is 0 Å². The third kappa shape index (κ3) is 5.69. The smallest absolute Gasteiger partial charge is 0.348 e. The Labute approximate surface area is 166 Å². The number of halogens is 4. The molecule has 0 radical (unpaired) electrons. The lowest BCUT2D eigenvalue weighted by molar-refractivity contribution is -0.137. The molecule has 0 spiro atoms. The van der Waals surface area contributed by atoms with Crippen LogP contribution in [0.15, 0.2) is 48.5 Å². The van der Waals surface area contributed by atoms with Gasteiger partial charge in [0.1, 0.15) is 11.9 Å². The number of anilines is 1. The normalized spacial score (nSPS) is 14.2. The van der Waals surface area contributed by atoms with Crippen LogP contribution in [0.5, 0.6) is 0 Å². The number of nitrogens with zero attached hydrogens (tertiary/aromatic N) is 1. The monoisotopic (exact) mass is 432 g/mol. The highest BCUT2D eigenvalue weighted by atomic mass is 32.2. The maximum absolute atomic E-state index is 13.0. The molecule has 10 heteroatoms. The van der Waals surface area contributed by atoms with Gasteiger partial charge in [0.05, 0.1) is 23.5 Å². The van der Waals surface area contributed by atoms with Crippen molar-refractivity contribution in [2.24, 2.45) is 0 Å². The van der Waals surface area contributed by atoms with Crippen molar-refractivity contribution in [3.8, 4) is 0 Å². The molecule has 0 saturated carbocycles. The van der Waals surface area contributed by atoms with Crippen molar-refractivity contribution in [2.45, 2.75) is 32.1 Å². The summed E-state index contributed by atoms with van der Waals surface area (Å²) in [5.41, 5.74) is -0.729. The molecule has 0 aliphatic rings. The van der Waals surface area contributed by atoms with Crippen LogP contribution in [0.3, 0.4) is 0 Å². The van der Waals surface area contributed by atoms with Crippen LogP contribution < -0.4 is 9.62 Å². The number of carbonyl (C=O) groups excluding carboxylic acids is 1. The summed E-state index contributed by atoms with van der Waals surface area (Å²) in [4.78, 5) is 12.6. The Hall–Kier alpha value is -2.62. The van der Waals surface area contributed by atoms with Gasteiger partial charge >= 0.3 is 6.18 Å². The molecule has 2 aromatic carbocycles. The molecule has 29 heavy (non-hydrogen) atoms. The first-order chi connectivity index (χ1) is 13.3. The minimum Gasteiger partial charge on any atom is -0.348 e. The van der Waals surface area contributed by atoms with Gasteiger partial charge in [-0.25, -0.2) is 12.8 Å². The van der Waals surface area contributed by atoms with Crippen molar-refractivity contribution in [2.75, 3.05) is 10.6 Å². The summed E-state index contributed by atoms with van der Waals surface area (Å²) >= 11 is 0. The molecule has 2 atom stereocenters. The highest BCUT2D eigenvalue weighted by Gasteiger charge is 2.34. The predicted molar refractivity (Wildman–Crippen MR) is 101 cm³/mol. The summed E-state index contributed by atoms with van der Waals surface area (Å²) in [6.45, 7) is 2.89. The number of benzene rings is 2. The van der Waals surface area contributed by atoms with Crippen molar-refractivity contribution in [1.82, 2.24) is 5.32 Å². The quantitative estimate of drug-likeness (QED) is 0.705. The Morgan fingerprint density at radius 1 is 1.07 bits per heavy atom. The number of alkyl halides is 3. The fourth-order valence-corrected chi connectivity index (χ4v) is 3.96. The number of rotatable bonds is 6. The largest absolute Gasteiger partial charge is 0.416 e. The lowest BCUT2D eigenvalue weighted by atomic mass is 10.1. The molecule has 0 fully saturated rings. The number of hydrogen-bond donors (Lipinski definition) is 1. The second-order valence-electron chi connectivity index (χ2n) is 6.56. The van der Waals surface area contributed by atoms with Gasteiger partial charge in [-0.3, -0.25) is 9.10 Å². The first kappa shape index (κ1) is 22.7. The second-order valence-corrected chi connectivity index (χ2v) is 8.42. The van der Waals surface area contributed by atoms with E-state index in [1.807, 2.05) is 0 Å². The molecule has 0 saturated heterocycles. The maximum atomic E-state index is 13.0. The molecule has 2 rings (SSSR count). The van der Waals surface area contributed by atoms with E-state index >= 15 is 0 Å². The Balaban J connectivity index is 2.31. The predicted octanol–water partition coefficient (Wildman–Crippen LogP) is 3.88. The Kier molecular flexibility index (Phi) is 6.56. The van der Waals surface area contributed by atoms with Crippen LogP contribution in [0.1, 0.15) is 31.0 Å². The second kappa shape index (κ2) is 8.40. The molecule has 0 aliphatic heterocycles. The Bertz CT molecular complexity index is 976. The zero-order valence-electron chi connectivity index (χ0n) is 15.9. The molecule has 1 amide bonds. The van der Waals surface area contributed by atoms with E-state index in [0.29, 0.717) is 15.9 Å². The third-order valence-electron chi connectivity index (χ3n) is 4.25. The lowest BCUT2D eigenvalue weighted by Gasteiger charge is -2.29. The standard InChI is InChI=1S/C19H20F4N2O3S/c1-12(14-7-9-16(20)10-8-14)24-18(26)13(2)25(29(3,27)28)17-6-4-5-15(11-17)19(21,22)23/h4-13H,1-3H3,(H,24,26)/t12-,13-/m0/s1. The fourth-order valence-electron chi connectivity index (χ4n) is 2.80. The van der Waals surface area contributed by atoms with Crippen molar-refractivity contribution < 1.29 is 30.8 Å². The van der Waals surface area contributed by atoms with Crippen LogP contribution in [0, 0.1) is 5.82 Å². The maximum Gasteiger partial charge on any atom is 0.416 e. The van der Waals surface area contributed by atoms with Gasteiger partial charge in [-0.1, -0.05) is 18.2 Å². The van der Waals surface area contributed by atoms with Crippen molar-refractivity contribution in [1.29, 1.82) is 0 Å². The minimum absolute atomic E-state index is 0.278. The Morgan fingerprint density at radius 3 is 2.17 bits per heavy atom. The van der Waals surface area contributed by atoms with Gasteiger partial charge in [-0.2, -0.15) is 13.2 Å². The lowest BCUT2D eigenvalue weighted by Crippen LogP contribution is -2.48. The van der Waals surface area contributed by atoms with Crippen molar-refractivity contribution in [3.63, 3.8) is 0 Å². The van der Waals surface area contributed by atoms with Crippen LogP contribution in [0.25, 0.3) is 0 Å². The molecular formula is C19H20F4N2O3S. The van der Waals surface area contributed by atoms with E-state index in [1.54, 1.807) is 6.92 Å². The average molecular weight is 432 g/mol. The number of amides is 1. The molecule has 0 bridgehead atoms. The van der Waals surface area contributed by atoms with E-state index in [2.05, 4.69) is 5.32 Å². The van der Waals surface area contributed by atoms with Gasteiger partial charge < -0.3 is 5.32 Å². The summed E-state index contributed by atoms with van der Waals surface area (Å²) in [5.74, 6) is -1.17. The molecule has 0 unspecified atom stereocenters. The summed E-state index contributed by atoms with van der Waals surface area (Å²) in [5, 5.41) is 2.59. The highest BCUT2D eigenvalue weighted by Crippen LogP contribution is 2.33. The molecule has 0 heterocycles. The third-order valence-corrected chi connectivity index (χ3v) is 5.49. The van der Waals surface area contributed by atoms with Gasteiger partial charge in [0.2, 0.25) is 15.9 Å². The van der Waals surface area contributed by atoms with Crippen molar-refractivity contribution in [3.05, 3.63) is 65.5 Å². The van der Waals surface area contributed by atoms with E-state index in [1.165, 1.54) is 37.3 Å². The first-order valence-corrected chi connectivity index (χ1v) is 10.4. The van der Waals surface area contributed by atoms with Gasteiger partial charge in [-0.05, 0) is 49.7 Å². The van der Waals surface area contributed by atoms with Gasteiger partial charge in [-0.15, -0.1) is 0 Å². The summed E-state index contributed by atoms with van der Waals surface area (Å²) in [7, 11) is -4.07. The van der Waals surface area contributed by atoms with Crippen LogP contribution in [0.4, 0.5) is 23.2 Å². The van der Waals surface area contributed by atoms with E-state index < -0.39 is 45.6 Å². The zero-order valence-corrected chi connectivity index (χ0v) is 16.7. The molecule has 158 valence electrons. The van der Waals surface area contributed by atoms with Crippen LogP contribution in [-0.2, 0) is 21.0 Å². The number of sulfonamides is 1. The van der Waals surface area contributed by atoms with Gasteiger partial charge in [0, 0.05) is 0 Å². The van der Waals surface area contributed by atoms with Crippen LogP contribution >= 0.6 is 0 Å². The molecule has 1 N–H and O–H groups in total. The molecule has 0 aliphatic carbocycles. The molecule has 2 aromatic rings. The highest BCUT2D eigenvalue weighted by molar-refractivity contribution is 7.92. The number of nitrogens with one attached hydrogen (secondary N) is 1. The topological polar surface area (TPSA) is 66.5 Å². The first-order valence-electron chi connectivity index (χ1n) is 8.53. The summed E-state index contributed by atoms with van der Waals surface area (Å²) in [6.07, 6.45) is -3.86. The van der Waals surface area contributed by atoms with Crippen LogP contribution in [-0.4, -0.2) is 26.6 Å². The van der Waals surface area contributed by atoms with Gasteiger partial charge in [0.15, 0.2) is 0 Å². The Morgan fingerprint density at radius 2 is 1.66 bits per heavy atom. The minimum atomic E-state index is -4.66. The average Bonchev–Trinajstić information content (AvgIpc) is 2.60. The van der Waals surface area contributed by atoms with Crippen molar-refractivity contribution >= 4 is 21.6 Å². The summed E-state index contributed by atoms with van der Waals surface area (Å²) < 4.78 is 77.2. The van der Waals surface area contributed by atoms with E-state index in [0.717, 1.165) is 18.4 Å². The SMILES string of the molecule is C[C@H](NC(=O)[C@H](C)N(c1cccc(C(F)(F)F)c1)S(C)(=O)=O)c1ccc(F)cc1. The molecule has 5 nitrogen and oxygen atoms in total. The zero-order chi connectivity index (χ0) is 22.0. The number of hydrogen-bond acceptors (Lipinski definition) is 3. The molecular weight excluding hydrogens is 412 g/mol. The van der Waals surface area contributed by atoms with Crippen LogP contribution in [0.2, 0.25) is 0 Å². The number of carbonyl (C=O) groups is 1. The molecule has 0 aromatic heterocycles. The fraction of sp³-hybridized carbons (Fsp3) is 0.316. The van der Waals surface area contributed by atoms with E-state index in [9.17, 15) is 30.8 Å².